The maximum atomic E-state index is 13.8. The van der Waals surface area contributed by atoms with Gasteiger partial charge in [-0.2, -0.15) is 13.2 Å². The number of aromatic nitrogens is 4. The van der Waals surface area contributed by atoms with E-state index in [0.717, 1.165) is 24.6 Å². The number of aryl methyl sites for hydroxylation is 1. The van der Waals surface area contributed by atoms with E-state index in [4.69, 9.17) is 4.52 Å². The van der Waals surface area contributed by atoms with Crippen molar-refractivity contribution in [2.75, 3.05) is 11.9 Å². The lowest BCUT2D eigenvalue weighted by Crippen LogP contribution is -2.50. The van der Waals surface area contributed by atoms with Crippen molar-refractivity contribution in [1.82, 2.24) is 25.4 Å². The van der Waals surface area contributed by atoms with Gasteiger partial charge in [0.25, 0.3) is 0 Å². The molecular formula is C23H24F3N7O. The van der Waals surface area contributed by atoms with Gasteiger partial charge >= 0.3 is 6.18 Å². The molecule has 8 nitrogen and oxygen atoms in total. The van der Waals surface area contributed by atoms with E-state index < -0.39 is 11.7 Å². The molecule has 1 fully saturated rings. The summed E-state index contributed by atoms with van der Waals surface area (Å²) in [5, 5.41) is 10.5. The fraction of sp³-hybridized carbons (Fsp3) is 0.435. The van der Waals surface area contributed by atoms with Crippen molar-refractivity contribution in [3.63, 3.8) is 0 Å². The molecular weight excluding hydrogens is 447 g/mol. The van der Waals surface area contributed by atoms with E-state index >= 15 is 0 Å². The number of pyridine rings is 1. The van der Waals surface area contributed by atoms with Crippen LogP contribution in [0.1, 0.15) is 54.9 Å². The number of hydrogen-bond donors (Lipinski definition) is 2. The Balaban J connectivity index is 1.47. The van der Waals surface area contributed by atoms with Crippen LogP contribution in [-0.4, -0.2) is 43.9 Å². The van der Waals surface area contributed by atoms with Crippen LogP contribution in [0.3, 0.4) is 0 Å². The molecule has 2 N–H and O–H groups in total. The van der Waals surface area contributed by atoms with E-state index in [2.05, 4.69) is 49.6 Å². The molecule has 11 heteroatoms. The number of rotatable bonds is 4. The molecule has 0 aromatic carbocycles. The van der Waals surface area contributed by atoms with Crippen molar-refractivity contribution >= 4 is 11.7 Å². The molecule has 3 aromatic rings. The van der Waals surface area contributed by atoms with Crippen molar-refractivity contribution in [2.24, 2.45) is 4.99 Å². The number of piperidine rings is 1. The van der Waals surface area contributed by atoms with Crippen LogP contribution >= 0.6 is 0 Å². The number of aliphatic imine (C=N–C) groups is 1. The maximum Gasteiger partial charge on any atom is 0.420 e. The van der Waals surface area contributed by atoms with E-state index in [1.165, 1.54) is 6.26 Å². The second-order valence-corrected chi connectivity index (χ2v) is 9.27. The number of hydrogen-bond acceptors (Lipinski definition) is 8. The summed E-state index contributed by atoms with van der Waals surface area (Å²) in [5.74, 6) is 0.148. The Morgan fingerprint density at radius 1 is 1.18 bits per heavy atom. The van der Waals surface area contributed by atoms with Crippen LogP contribution in [0.2, 0.25) is 0 Å². The van der Waals surface area contributed by atoms with Crippen molar-refractivity contribution in [3.05, 3.63) is 52.8 Å². The summed E-state index contributed by atoms with van der Waals surface area (Å²) >= 11 is 0. The van der Waals surface area contributed by atoms with Crippen LogP contribution in [0.25, 0.3) is 11.3 Å². The summed E-state index contributed by atoms with van der Waals surface area (Å²) < 4.78 is 46.5. The van der Waals surface area contributed by atoms with Gasteiger partial charge in [0.15, 0.2) is 0 Å². The largest absolute Gasteiger partial charge is 0.420 e. The quantitative estimate of drug-likeness (QED) is 0.590. The number of nitrogens with zero attached hydrogens (tertiary/aromatic N) is 5. The Bertz CT molecular complexity index is 1260. The molecule has 5 rings (SSSR count). The minimum atomic E-state index is -4.62. The van der Waals surface area contributed by atoms with E-state index in [1.54, 1.807) is 19.1 Å². The molecule has 2 aliphatic rings. The Labute approximate surface area is 194 Å². The fourth-order valence-electron chi connectivity index (χ4n) is 4.24. The molecule has 0 radical (unpaired) electrons. The standard InChI is InChI=1S/C23H24F3N7O/c1-12-15(11-34-33-12)17-5-4-14-18(31-17)10-27-19(14)20-16(23(24,25)26)9-28-21(32-20)30-13-6-7-22(2,3)29-8-13/h4-5,9,11,13,29H,6-8,10H2,1-3H3,(H,28,30,32)/t13-/m0/s1. The lowest BCUT2D eigenvalue weighted by molar-refractivity contribution is -0.138. The highest BCUT2D eigenvalue weighted by molar-refractivity contribution is 6.14. The van der Waals surface area contributed by atoms with Gasteiger partial charge in [0, 0.05) is 29.9 Å². The molecule has 1 saturated heterocycles. The van der Waals surface area contributed by atoms with Gasteiger partial charge in [-0.3, -0.25) is 4.99 Å². The van der Waals surface area contributed by atoms with Gasteiger partial charge < -0.3 is 15.2 Å². The maximum absolute atomic E-state index is 13.8. The number of anilines is 1. The summed E-state index contributed by atoms with van der Waals surface area (Å²) in [6.45, 7) is 6.87. The van der Waals surface area contributed by atoms with Gasteiger partial charge in [0.2, 0.25) is 5.95 Å². The SMILES string of the molecule is Cc1nocc1-c1ccc2c(n1)CN=C2c1nc(N[C@H]2CCC(C)(C)NC2)ncc1C(F)(F)F. The smallest absolute Gasteiger partial charge is 0.364 e. The van der Waals surface area contributed by atoms with Crippen molar-refractivity contribution in [1.29, 1.82) is 0 Å². The van der Waals surface area contributed by atoms with Crippen molar-refractivity contribution in [3.8, 4) is 11.3 Å². The van der Waals surface area contributed by atoms with E-state index in [-0.39, 0.29) is 35.5 Å². The number of halogens is 3. The molecule has 2 aliphatic heterocycles. The van der Waals surface area contributed by atoms with Gasteiger partial charge in [-0.05, 0) is 45.7 Å². The van der Waals surface area contributed by atoms with Crippen LogP contribution in [0, 0.1) is 6.92 Å². The second kappa shape index (κ2) is 8.15. The first-order valence-electron chi connectivity index (χ1n) is 11.0. The minimum absolute atomic E-state index is 0.0199. The third kappa shape index (κ3) is 4.27. The Kier molecular flexibility index (Phi) is 5.38. The molecule has 0 unspecified atom stereocenters. The van der Waals surface area contributed by atoms with E-state index in [0.29, 0.717) is 29.2 Å². The number of alkyl halides is 3. The zero-order valence-electron chi connectivity index (χ0n) is 19.0. The lowest BCUT2D eigenvalue weighted by Gasteiger charge is -2.36. The van der Waals surface area contributed by atoms with Gasteiger partial charge in [0.1, 0.15) is 17.5 Å². The molecule has 0 amide bonds. The average Bonchev–Trinajstić information content (AvgIpc) is 3.40. The van der Waals surface area contributed by atoms with Gasteiger partial charge in [0.05, 0.1) is 34.9 Å². The molecule has 1 atom stereocenters. The predicted octanol–water partition coefficient (Wildman–Crippen LogP) is 4.15. The van der Waals surface area contributed by atoms with Gasteiger partial charge in [-0.25, -0.2) is 15.0 Å². The molecule has 0 spiro atoms. The summed E-state index contributed by atoms with van der Waals surface area (Å²) in [4.78, 5) is 17.2. The molecule has 0 saturated carbocycles. The summed E-state index contributed by atoms with van der Waals surface area (Å²) in [6, 6.07) is 3.47. The highest BCUT2D eigenvalue weighted by Gasteiger charge is 2.38. The van der Waals surface area contributed by atoms with Crippen LogP contribution in [0.4, 0.5) is 19.1 Å². The van der Waals surface area contributed by atoms with Gasteiger partial charge in [-0.1, -0.05) is 5.16 Å². The molecule has 34 heavy (non-hydrogen) atoms. The van der Waals surface area contributed by atoms with E-state index in [1.807, 2.05) is 0 Å². The Hall–Kier alpha value is -3.34. The zero-order chi connectivity index (χ0) is 24.1. The molecule has 5 heterocycles. The topological polar surface area (TPSA) is 101 Å². The fourth-order valence-corrected chi connectivity index (χ4v) is 4.24. The third-order valence-electron chi connectivity index (χ3n) is 6.24. The normalized spacial score (nSPS) is 19.6. The number of fused-ring (bicyclic) bond motifs is 1. The first-order valence-corrected chi connectivity index (χ1v) is 11.0. The number of nitrogens with one attached hydrogen (secondary N) is 2. The van der Waals surface area contributed by atoms with Gasteiger partial charge in [-0.15, -0.1) is 0 Å². The van der Waals surface area contributed by atoms with E-state index in [9.17, 15) is 13.2 Å². The third-order valence-corrected chi connectivity index (χ3v) is 6.24. The molecule has 3 aromatic heterocycles. The highest BCUT2D eigenvalue weighted by atomic mass is 19.4. The Morgan fingerprint density at radius 2 is 2.00 bits per heavy atom. The Morgan fingerprint density at radius 3 is 2.68 bits per heavy atom. The zero-order valence-corrected chi connectivity index (χ0v) is 19.0. The average molecular weight is 471 g/mol. The molecule has 178 valence electrons. The van der Waals surface area contributed by atoms with Crippen molar-refractivity contribution in [2.45, 2.75) is 57.9 Å². The first kappa shape index (κ1) is 22.5. The van der Waals surface area contributed by atoms with Crippen LogP contribution < -0.4 is 10.6 Å². The highest BCUT2D eigenvalue weighted by Crippen LogP contribution is 2.35. The second-order valence-electron chi connectivity index (χ2n) is 9.27. The summed E-state index contributed by atoms with van der Waals surface area (Å²) in [6.07, 6.45) is -0.515. The summed E-state index contributed by atoms with van der Waals surface area (Å²) in [5.41, 5.74) is 2.16. The molecule has 0 bridgehead atoms. The predicted molar refractivity (Wildman–Crippen MR) is 120 cm³/mol. The first-order chi connectivity index (χ1) is 16.1. The lowest BCUT2D eigenvalue weighted by atomic mass is 9.91. The summed E-state index contributed by atoms with van der Waals surface area (Å²) in [7, 11) is 0. The molecule has 0 aliphatic carbocycles. The van der Waals surface area contributed by atoms with Crippen LogP contribution in [-0.2, 0) is 12.7 Å². The minimum Gasteiger partial charge on any atom is -0.364 e. The van der Waals surface area contributed by atoms with Crippen LogP contribution in [0.5, 0.6) is 0 Å². The van der Waals surface area contributed by atoms with Crippen LogP contribution in [0.15, 0.2) is 34.1 Å². The monoisotopic (exact) mass is 471 g/mol. The van der Waals surface area contributed by atoms with Crippen molar-refractivity contribution < 1.29 is 17.7 Å².